The van der Waals surface area contributed by atoms with Crippen LogP contribution in [-0.2, 0) is 23.9 Å². The first-order chi connectivity index (χ1) is 11.4. The van der Waals surface area contributed by atoms with Gasteiger partial charge in [0.1, 0.15) is 11.6 Å². The lowest BCUT2D eigenvalue weighted by Crippen LogP contribution is -2.55. The lowest BCUT2D eigenvalue weighted by molar-refractivity contribution is -0.159. The van der Waals surface area contributed by atoms with Gasteiger partial charge in [-0.25, -0.2) is 19.2 Å². The Labute approximate surface area is 145 Å². The lowest BCUT2D eigenvalue weighted by atomic mass is 9.99. The summed E-state index contributed by atoms with van der Waals surface area (Å²) in [7, 11) is 0. The molecule has 0 saturated carbocycles. The van der Waals surface area contributed by atoms with Crippen LogP contribution in [0, 0.1) is 0 Å². The van der Waals surface area contributed by atoms with E-state index in [1.807, 2.05) is 0 Å². The van der Waals surface area contributed by atoms with Crippen molar-refractivity contribution in [1.82, 2.24) is 4.90 Å². The SMILES string of the molecule is CCOC(=O)[C@H]1CC[C@H](N)CN1C(=O)OC(C)(C)C.O=C(O)C(=O)O. The summed E-state index contributed by atoms with van der Waals surface area (Å²) in [5.41, 5.74) is 5.26. The molecule has 10 heteroatoms. The van der Waals surface area contributed by atoms with Crippen molar-refractivity contribution in [2.75, 3.05) is 13.2 Å². The van der Waals surface area contributed by atoms with Crippen molar-refractivity contribution >= 4 is 24.0 Å². The van der Waals surface area contributed by atoms with Gasteiger partial charge in [-0.3, -0.25) is 4.90 Å². The summed E-state index contributed by atoms with van der Waals surface area (Å²) >= 11 is 0. The highest BCUT2D eigenvalue weighted by Gasteiger charge is 2.37. The van der Waals surface area contributed by atoms with E-state index in [2.05, 4.69) is 0 Å². The smallest absolute Gasteiger partial charge is 0.414 e. The number of hydrogen-bond acceptors (Lipinski definition) is 7. The predicted molar refractivity (Wildman–Crippen MR) is 85.8 cm³/mol. The average Bonchev–Trinajstić information content (AvgIpc) is 2.46. The van der Waals surface area contributed by atoms with Gasteiger partial charge in [-0.05, 0) is 40.5 Å². The van der Waals surface area contributed by atoms with Crippen molar-refractivity contribution in [3.8, 4) is 0 Å². The highest BCUT2D eigenvalue weighted by molar-refractivity contribution is 6.27. The molecule has 1 fully saturated rings. The maximum absolute atomic E-state index is 12.1. The van der Waals surface area contributed by atoms with Crippen LogP contribution < -0.4 is 5.73 Å². The molecule has 10 nitrogen and oxygen atoms in total. The van der Waals surface area contributed by atoms with Crippen LogP contribution in [0.4, 0.5) is 4.79 Å². The topological polar surface area (TPSA) is 156 Å². The van der Waals surface area contributed by atoms with Crippen LogP contribution in [0.1, 0.15) is 40.5 Å². The van der Waals surface area contributed by atoms with E-state index in [1.54, 1.807) is 27.7 Å². The van der Waals surface area contributed by atoms with Crippen LogP contribution in [0.25, 0.3) is 0 Å². The van der Waals surface area contributed by atoms with Gasteiger partial charge in [0.2, 0.25) is 0 Å². The standard InChI is InChI=1S/C13H24N2O4.C2H2O4/c1-5-18-11(16)10-7-6-9(14)8-15(10)12(17)19-13(2,3)4;3-1(4)2(5)6/h9-10H,5-8,14H2,1-4H3;(H,3,4)(H,5,6)/t9-,10+;/m0./s1. The fraction of sp³-hybridized carbons (Fsp3) is 0.733. The van der Waals surface area contributed by atoms with Crippen LogP contribution in [0.2, 0.25) is 0 Å². The number of aliphatic carboxylic acids is 2. The van der Waals surface area contributed by atoms with E-state index in [9.17, 15) is 9.59 Å². The average molecular weight is 362 g/mol. The third-order valence-corrected chi connectivity index (χ3v) is 2.99. The van der Waals surface area contributed by atoms with E-state index in [4.69, 9.17) is 35.0 Å². The summed E-state index contributed by atoms with van der Waals surface area (Å²) in [5.74, 6) is -4.04. The van der Waals surface area contributed by atoms with Gasteiger partial charge in [0.15, 0.2) is 0 Å². The van der Waals surface area contributed by atoms with Crippen LogP contribution in [-0.4, -0.2) is 70.0 Å². The Morgan fingerprint density at radius 3 is 2.04 bits per heavy atom. The zero-order valence-electron chi connectivity index (χ0n) is 14.9. The summed E-state index contributed by atoms with van der Waals surface area (Å²) in [5, 5.41) is 14.8. The summed E-state index contributed by atoms with van der Waals surface area (Å²) in [6.07, 6.45) is 0.697. The zero-order valence-corrected chi connectivity index (χ0v) is 14.9. The van der Waals surface area contributed by atoms with E-state index in [0.29, 0.717) is 26.0 Å². The number of carboxylic acid groups (broad SMARTS) is 2. The lowest BCUT2D eigenvalue weighted by Gasteiger charge is -2.37. The van der Waals surface area contributed by atoms with Gasteiger partial charge in [-0.1, -0.05) is 0 Å². The molecule has 1 heterocycles. The molecule has 0 aromatic carbocycles. The molecular weight excluding hydrogens is 336 g/mol. The Morgan fingerprint density at radius 1 is 1.12 bits per heavy atom. The van der Waals surface area contributed by atoms with Crippen molar-refractivity contribution in [2.45, 2.75) is 58.2 Å². The molecule has 1 saturated heterocycles. The third-order valence-electron chi connectivity index (χ3n) is 2.99. The van der Waals surface area contributed by atoms with Crippen LogP contribution in [0.3, 0.4) is 0 Å². The van der Waals surface area contributed by atoms with Crippen LogP contribution >= 0.6 is 0 Å². The second-order valence-corrected chi connectivity index (χ2v) is 6.35. The first-order valence-corrected chi connectivity index (χ1v) is 7.77. The summed E-state index contributed by atoms with van der Waals surface area (Å²) in [4.78, 5) is 43.6. The normalized spacial score (nSPS) is 20.0. The van der Waals surface area contributed by atoms with Crippen molar-refractivity contribution < 1.29 is 38.9 Å². The minimum atomic E-state index is -1.82. The molecule has 25 heavy (non-hydrogen) atoms. The first-order valence-electron chi connectivity index (χ1n) is 7.77. The van der Waals surface area contributed by atoms with Gasteiger partial charge in [0.05, 0.1) is 6.61 Å². The van der Waals surface area contributed by atoms with Crippen molar-refractivity contribution in [2.24, 2.45) is 5.73 Å². The number of nitrogens with zero attached hydrogens (tertiary/aromatic N) is 1. The molecule has 0 aromatic rings. The summed E-state index contributed by atoms with van der Waals surface area (Å²) < 4.78 is 10.3. The highest BCUT2D eigenvalue weighted by Crippen LogP contribution is 2.21. The fourth-order valence-electron chi connectivity index (χ4n) is 2.00. The number of rotatable bonds is 2. The summed E-state index contributed by atoms with van der Waals surface area (Å²) in [6, 6.07) is -0.715. The first kappa shape index (κ1) is 22.6. The van der Waals surface area contributed by atoms with Gasteiger partial charge in [0.25, 0.3) is 0 Å². The molecule has 2 atom stereocenters. The number of carbonyl (C=O) groups excluding carboxylic acids is 2. The third kappa shape index (κ3) is 8.89. The number of hydrogen-bond donors (Lipinski definition) is 3. The van der Waals surface area contributed by atoms with Crippen molar-refractivity contribution in [3.05, 3.63) is 0 Å². The predicted octanol–water partition coefficient (Wildman–Crippen LogP) is 0.432. The van der Waals surface area contributed by atoms with E-state index in [0.717, 1.165) is 0 Å². The van der Waals surface area contributed by atoms with E-state index < -0.39 is 29.7 Å². The molecule has 1 rings (SSSR count). The Kier molecular flexibility index (Phi) is 8.89. The molecule has 0 aliphatic carbocycles. The Balaban J connectivity index is 0.000000823. The molecule has 0 unspecified atom stereocenters. The molecule has 1 amide bonds. The number of carboxylic acids is 2. The van der Waals surface area contributed by atoms with Gasteiger partial charge in [-0.15, -0.1) is 0 Å². The minimum absolute atomic E-state index is 0.127. The summed E-state index contributed by atoms with van der Waals surface area (Å²) in [6.45, 7) is 7.71. The Hall–Kier alpha value is -2.36. The molecule has 4 N–H and O–H groups in total. The number of nitrogens with two attached hydrogens (primary N) is 1. The molecule has 0 radical (unpaired) electrons. The molecule has 1 aliphatic rings. The molecule has 0 aromatic heterocycles. The largest absolute Gasteiger partial charge is 0.473 e. The quantitative estimate of drug-likeness (QED) is 0.468. The van der Waals surface area contributed by atoms with Gasteiger partial charge < -0.3 is 25.4 Å². The maximum atomic E-state index is 12.1. The minimum Gasteiger partial charge on any atom is -0.473 e. The number of likely N-dealkylation sites (tertiary alicyclic amines) is 1. The van der Waals surface area contributed by atoms with Gasteiger partial charge >= 0.3 is 24.0 Å². The Bertz CT molecular complexity index is 488. The zero-order chi connectivity index (χ0) is 19.8. The van der Waals surface area contributed by atoms with E-state index in [-0.39, 0.29) is 12.0 Å². The van der Waals surface area contributed by atoms with E-state index in [1.165, 1.54) is 4.90 Å². The number of esters is 1. The highest BCUT2D eigenvalue weighted by atomic mass is 16.6. The maximum Gasteiger partial charge on any atom is 0.414 e. The molecule has 0 spiro atoms. The number of amides is 1. The van der Waals surface area contributed by atoms with Crippen LogP contribution in [0.15, 0.2) is 0 Å². The number of carbonyl (C=O) groups is 4. The fourth-order valence-corrected chi connectivity index (χ4v) is 2.00. The van der Waals surface area contributed by atoms with Gasteiger partial charge in [-0.2, -0.15) is 0 Å². The van der Waals surface area contributed by atoms with Crippen molar-refractivity contribution in [3.63, 3.8) is 0 Å². The second kappa shape index (κ2) is 9.82. The molecular formula is C15H26N2O8. The number of ether oxygens (including phenoxy) is 2. The second-order valence-electron chi connectivity index (χ2n) is 6.35. The van der Waals surface area contributed by atoms with Crippen LogP contribution in [0.5, 0.6) is 0 Å². The molecule has 144 valence electrons. The molecule has 1 aliphatic heterocycles. The molecule has 0 bridgehead atoms. The Morgan fingerprint density at radius 2 is 1.64 bits per heavy atom. The van der Waals surface area contributed by atoms with Gasteiger partial charge in [0, 0.05) is 12.6 Å². The number of piperidine rings is 1. The monoisotopic (exact) mass is 362 g/mol. The van der Waals surface area contributed by atoms with Crippen molar-refractivity contribution in [1.29, 1.82) is 0 Å². The van der Waals surface area contributed by atoms with E-state index >= 15 is 0 Å².